The van der Waals surface area contributed by atoms with Crippen LogP contribution in [0, 0.1) is 0 Å². The Labute approximate surface area is 148 Å². The Kier molecular flexibility index (Phi) is 5.02. The molecule has 134 valence electrons. The van der Waals surface area contributed by atoms with Gasteiger partial charge < -0.3 is 23.9 Å². The van der Waals surface area contributed by atoms with Crippen LogP contribution in [-0.4, -0.2) is 37.7 Å². The molecule has 0 spiro atoms. The highest BCUT2D eigenvalue weighted by Crippen LogP contribution is 2.28. The fourth-order valence-corrected chi connectivity index (χ4v) is 2.36. The van der Waals surface area contributed by atoms with Gasteiger partial charge in [-0.3, -0.25) is 4.79 Å². The Morgan fingerprint density at radius 3 is 2.77 bits per heavy atom. The number of ether oxygens (including phenoxy) is 3. The van der Waals surface area contributed by atoms with Gasteiger partial charge in [-0.1, -0.05) is 6.07 Å². The monoisotopic (exact) mass is 356 g/mol. The zero-order chi connectivity index (χ0) is 18.5. The zero-order valence-corrected chi connectivity index (χ0v) is 14.1. The molecule has 0 aliphatic rings. The van der Waals surface area contributed by atoms with Crippen molar-refractivity contribution in [3.05, 3.63) is 48.4 Å². The summed E-state index contributed by atoms with van der Waals surface area (Å²) in [5.41, 5.74) is 1.48. The summed E-state index contributed by atoms with van der Waals surface area (Å²) in [4.78, 5) is 28.3. The van der Waals surface area contributed by atoms with E-state index in [0.29, 0.717) is 28.3 Å². The summed E-state index contributed by atoms with van der Waals surface area (Å²) in [5.74, 6) is -0.178. The number of esters is 1. The molecule has 1 aromatic heterocycles. The molecule has 1 heterocycles. The van der Waals surface area contributed by atoms with Gasteiger partial charge >= 0.3 is 5.97 Å². The van der Waals surface area contributed by atoms with Crippen molar-refractivity contribution in [3.63, 3.8) is 0 Å². The van der Waals surface area contributed by atoms with Crippen molar-refractivity contribution in [2.45, 2.75) is 0 Å². The largest absolute Gasteiger partial charge is 0.497 e. The molecule has 0 atom stereocenters. The van der Waals surface area contributed by atoms with E-state index < -0.39 is 18.5 Å². The van der Waals surface area contributed by atoms with Crippen LogP contribution in [0.1, 0.15) is 10.4 Å². The van der Waals surface area contributed by atoms with Gasteiger partial charge in [0.1, 0.15) is 17.0 Å². The number of rotatable bonds is 6. The fourth-order valence-electron chi connectivity index (χ4n) is 2.36. The number of para-hydroxylation sites is 1. The van der Waals surface area contributed by atoms with Crippen molar-refractivity contribution in [1.82, 2.24) is 4.98 Å². The third kappa shape index (κ3) is 3.59. The van der Waals surface area contributed by atoms with Crippen LogP contribution in [0.3, 0.4) is 0 Å². The molecule has 8 heteroatoms. The zero-order valence-electron chi connectivity index (χ0n) is 14.1. The summed E-state index contributed by atoms with van der Waals surface area (Å²) < 4.78 is 20.5. The molecule has 1 amide bonds. The molecule has 26 heavy (non-hydrogen) atoms. The molecule has 2 aromatic carbocycles. The summed E-state index contributed by atoms with van der Waals surface area (Å²) in [5, 5.41) is 2.62. The summed E-state index contributed by atoms with van der Waals surface area (Å²) >= 11 is 0. The van der Waals surface area contributed by atoms with Gasteiger partial charge in [0.25, 0.3) is 5.91 Å². The van der Waals surface area contributed by atoms with Crippen LogP contribution in [0.15, 0.2) is 47.2 Å². The Hall–Kier alpha value is -3.55. The van der Waals surface area contributed by atoms with E-state index in [4.69, 9.17) is 18.6 Å². The van der Waals surface area contributed by atoms with Gasteiger partial charge in [-0.05, 0) is 24.3 Å². The first-order valence-electron chi connectivity index (χ1n) is 7.63. The molecular formula is C18H16N2O6. The van der Waals surface area contributed by atoms with Crippen LogP contribution in [0.2, 0.25) is 0 Å². The third-order valence-corrected chi connectivity index (χ3v) is 3.60. The normalized spacial score (nSPS) is 10.4. The number of aromatic nitrogens is 1. The summed E-state index contributed by atoms with van der Waals surface area (Å²) in [6.07, 6.45) is 1.24. The lowest BCUT2D eigenvalue weighted by Crippen LogP contribution is -2.21. The molecule has 0 aliphatic carbocycles. The molecular weight excluding hydrogens is 340 g/mol. The SMILES string of the molecule is COc1ccc(OC)c(NC(=O)COC(=O)c2cccc3ocnc23)c1. The van der Waals surface area contributed by atoms with E-state index in [9.17, 15) is 9.59 Å². The number of carbonyl (C=O) groups is 2. The predicted molar refractivity (Wildman–Crippen MR) is 92.5 cm³/mol. The number of nitrogens with one attached hydrogen (secondary N) is 1. The summed E-state index contributed by atoms with van der Waals surface area (Å²) in [7, 11) is 3.00. The number of hydrogen-bond donors (Lipinski definition) is 1. The lowest BCUT2D eigenvalue weighted by Gasteiger charge is -2.12. The van der Waals surface area contributed by atoms with Crippen LogP contribution in [0.4, 0.5) is 5.69 Å². The highest BCUT2D eigenvalue weighted by molar-refractivity contribution is 6.02. The fraction of sp³-hybridized carbons (Fsp3) is 0.167. The molecule has 0 radical (unpaired) electrons. The van der Waals surface area contributed by atoms with Gasteiger partial charge in [0, 0.05) is 6.07 Å². The standard InChI is InChI=1S/C18H16N2O6/c1-23-11-6-7-14(24-2)13(8-11)20-16(21)9-25-18(22)12-4-3-5-15-17(12)19-10-26-15/h3-8,10H,9H2,1-2H3,(H,20,21). The topological polar surface area (TPSA) is 99.9 Å². The van der Waals surface area contributed by atoms with Gasteiger partial charge in [0.15, 0.2) is 18.6 Å². The van der Waals surface area contributed by atoms with E-state index in [1.807, 2.05) is 0 Å². The first kappa shape index (κ1) is 17.3. The molecule has 0 aliphatic heterocycles. The minimum absolute atomic E-state index is 0.225. The second-order valence-electron chi connectivity index (χ2n) is 5.20. The molecule has 3 aromatic rings. The van der Waals surface area contributed by atoms with E-state index in [0.717, 1.165) is 0 Å². The first-order chi connectivity index (χ1) is 12.6. The van der Waals surface area contributed by atoms with Crippen molar-refractivity contribution in [2.75, 3.05) is 26.1 Å². The lowest BCUT2D eigenvalue weighted by molar-refractivity contribution is -0.119. The van der Waals surface area contributed by atoms with Crippen molar-refractivity contribution in [1.29, 1.82) is 0 Å². The molecule has 8 nitrogen and oxygen atoms in total. The minimum atomic E-state index is -0.669. The number of anilines is 1. The summed E-state index contributed by atoms with van der Waals surface area (Å²) in [6, 6.07) is 9.84. The lowest BCUT2D eigenvalue weighted by atomic mass is 10.2. The highest BCUT2D eigenvalue weighted by Gasteiger charge is 2.16. The van der Waals surface area contributed by atoms with Crippen molar-refractivity contribution in [3.8, 4) is 11.5 Å². The van der Waals surface area contributed by atoms with Gasteiger partial charge in [-0.25, -0.2) is 9.78 Å². The van der Waals surface area contributed by atoms with Crippen LogP contribution in [-0.2, 0) is 9.53 Å². The Morgan fingerprint density at radius 2 is 2.00 bits per heavy atom. The van der Waals surface area contributed by atoms with Crippen LogP contribution >= 0.6 is 0 Å². The number of amides is 1. The molecule has 0 bridgehead atoms. The quantitative estimate of drug-likeness (QED) is 0.678. The van der Waals surface area contributed by atoms with Crippen LogP contribution in [0.5, 0.6) is 11.5 Å². The maximum absolute atomic E-state index is 12.2. The highest BCUT2D eigenvalue weighted by atomic mass is 16.5. The van der Waals surface area contributed by atoms with Crippen LogP contribution < -0.4 is 14.8 Å². The third-order valence-electron chi connectivity index (χ3n) is 3.60. The van der Waals surface area contributed by atoms with Gasteiger partial charge in [0.05, 0.1) is 25.5 Å². The Bertz CT molecular complexity index is 950. The maximum atomic E-state index is 12.2. The first-order valence-corrected chi connectivity index (χ1v) is 7.63. The van der Waals surface area contributed by atoms with E-state index in [2.05, 4.69) is 10.3 Å². The van der Waals surface area contributed by atoms with Crippen molar-refractivity contribution in [2.24, 2.45) is 0 Å². The number of oxazole rings is 1. The Morgan fingerprint density at radius 1 is 1.15 bits per heavy atom. The number of carbonyl (C=O) groups excluding carboxylic acids is 2. The molecule has 0 saturated heterocycles. The Balaban J connectivity index is 1.66. The molecule has 0 saturated carbocycles. The second kappa shape index (κ2) is 7.56. The number of benzene rings is 2. The van der Waals surface area contributed by atoms with E-state index in [1.54, 1.807) is 36.4 Å². The minimum Gasteiger partial charge on any atom is -0.497 e. The second-order valence-corrected chi connectivity index (χ2v) is 5.20. The van der Waals surface area contributed by atoms with Crippen molar-refractivity contribution >= 4 is 28.7 Å². The van der Waals surface area contributed by atoms with Gasteiger partial charge in [-0.15, -0.1) is 0 Å². The van der Waals surface area contributed by atoms with Crippen molar-refractivity contribution < 1.29 is 28.2 Å². The molecule has 3 rings (SSSR count). The van der Waals surface area contributed by atoms with Gasteiger partial charge in [0.2, 0.25) is 0 Å². The average molecular weight is 356 g/mol. The number of nitrogens with zero attached hydrogens (tertiary/aromatic N) is 1. The average Bonchev–Trinajstić information content (AvgIpc) is 3.14. The van der Waals surface area contributed by atoms with E-state index >= 15 is 0 Å². The van der Waals surface area contributed by atoms with Gasteiger partial charge in [-0.2, -0.15) is 0 Å². The predicted octanol–water partition coefficient (Wildman–Crippen LogP) is 2.64. The number of methoxy groups -OCH3 is 2. The van der Waals surface area contributed by atoms with Crippen LogP contribution in [0.25, 0.3) is 11.1 Å². The number of hydrogen-bond acceptors (Lipinski definition) is 7. The summed E-state index contributed by atoms with van der Waals surface area (Å²) in [6.45, 7) is -0.465. The maximum Gasteiger partial charge on any atom is 0.340 e. The molecule has 1 N–H and O–H groups in total. The van der Waals surface area contributed by atoms with E-state index in [-0.39, 0.29) is 5.56 Å². The van der Waals surface area contributed by atoms with E-state index in [1.165, 1.54) is 20.6 Å². The number of fused-ring (bicyclic) bond motifs is 1. The molecule has 0 unspecified atom stereocenters. The molecule has 0 fully saturated rings. The smallest absolute Gasteiger partial charge is 0.340 e.